The van der Waals surface area contributed by atoms with E-state index in [1.54, 1.807) is 18.9 Å². The summed E-state index contributed by atoms with van der Waals surface area (Å²) >= 11 is 3.05. The lowest BCUT2D eigenvalue weighted by atomic mass is 9.96. The summed E-state index contributed by atoms with van der Waals surface area (Å²) in [5, 5.41) is 20.4. The highest BCUT2D eigenvalue weighted by Gasteiger charge is 2.26. The van der Waals surface area contributed by atoms with Crippen molar-refractivity contribution in [3.8, 4) is 17.0 Å². The Morgan fingerprint density at radius 1 is 1.16 bits per heavy atom. The molecule has 1 aliphatic rings. The molecule has 3 heterocycles. The van der Waals surface area contributed by atoms with E-state index in [0.717, 1.165) is 58.8 Å². The fraction of sp³-hybridized carbons (Fsp3) is 0.381. The number of thioether (sulfide) groups is 1. The summed E-state index contributed by atoms with van der Waals surface area (Å²) in [5.41, 5.74) is 1.68. The van der Waals surface area contributed by atoms with E-state index in [0.29, 0.717) is 5.13 Å². The first-order valence-electron chi connectivity index (χ1n) is 10.2. The van der Waals surface area contributed by atoms with Crippen LogP contribution in [-0.2, 0) is 4.79 Å². The van der Waals surface area contributed by atoms with Crippen molar-refractivity contribution in [2.75, 3.05) is 36.2 Å². The first-order chi connectivity index (χ1) is 15.2. The molecule has 0 unspecified atom stereocenters. The molecule has 1 N–H and O–H groups in total. The van der Waals surface area contributed by atoms with Crippen molar-refractivity contribution in [3.63, 3.8) is 0 Å². The number of nitrogens with one attached hydrogen (secondary N) is 1. The number of ether oxygens (including phenoxy) is 1. The number of carbonyl (C=O) groups is 1. The predicted octanol–water partition coefficient (Wildman–Crippen LogP) is 3.97. The topological polar surface area (TPSA) is 93.1 Å². The van der Waals surface area contributed by atoms with Crippen molar-refractivity contribution >= 4 is 40.0 Å². The average Bonchev–Trinajstić information content (AvgIpc) is 3.26. The van der Waals surface area contributed by atoms with E-state index in [-0.39, 0.29) is 11.8 Å². The van der Waals surface area contributed by atoms with Crippen molar-refractivity contribution in [2.45, 2.75) is 24.1 Å². The van der Waals surface area contributed by atoms with Gasteiger partial charge in [0.2, 0.25) is 11.0 Å². The van der Waals surface area contributed by atoms with Crippen molar-refractivity contribution in [1.29, 1.82) is 0 Å². The highest BCUT2D eigenvalue weighted by molar-refractivity contribution is 8.01. The molecule has 1 saturated heterocycles. The van der Waals surface area contributed by atoms with Gasteiger partial charge in [0.1, 0.15) is 5.75 Å². The summed E-state index contributed by atoms with van der Waals surface area (Å²) < 4.78 is 6.29. The second kappa shape index (κ2) is 10.1. The monoisotopic (exact) mass is 456 g/mol. The van der Waals surface area contributed by atoms with Crippen LogP contribution in [0.5, 0.6) is 5.75 Å². The number of aromatic nitrogens is 4. The molecule has 0 saturated carbocycles. The molecule has 3 aromatic rings. The van der Waals surface area contributed by atoms with E-state index in [2.05, 4.69) is 37.5 Å². The van der Waals surface area contributed by atoms with Gasteiger partial charge in [-0.05, 0) is 42.9 Å². The molecular formula is C21H24N6O2S2. The first-order valence-corrected chi connectivity index (χ1v) is 12.0. The number of anilines is 2. The van der Waals surface area contributed by atoms with E-state index >= 15 is 0 Å². The summed E-state index contributed by atoms with van der Waals surface area (Å²) in [6.07, 6.45) is 1.52. The number of para-hydroxylation sites is 1. The standard InChI is InChI=1S/C21H24N6O2S2/c1-3-30-21-26-25-20(31-21)22-19(28)14-10-12-27(13-11-14)18-9-8-16(23-24-18)15-6-4-5-7-17(15)29-2/h4-9,14H,3,10-13H2,1-2H3,(H,22,25,28). The number of piperidine rings is 1. The van der Waals surface area contributed by atoms with Crippen LogP contribution in [0.3, 0.4) is 0 Å². The Morgan fingerprint density at radius 3 is 2.68 bits per heavy atom. The third kappa shape index (κ3) is 5.13. The smallest absolute Gasteiger partial charge is 0.229 e. The van der Waals surface area contributed by atoms with Gasteiger partial charge in [-0.15, -0.1) is 20.4 Å². The number of hydrogen-bond donors (Lipinski definition) is 1. The van der Waals surface area contributed by atoms with Crippen molar-refractivity contribution in [1.82, 2.24) is 20.4 Å². The maximum absolute atomic E-state index is 12.6. The van der Waals surface area contributed by atoms with E-state index in [1.165, 1.54) is 11.3 Å². The van der Waals surface area contributed by atoms with E-state index in [4.69, 9.17) is 4.74 Å². The van der Waals surface area contributed by atoms with Crippen molar-refractivity contribution in [3.05, 3.63) is 36.4 Å². The SMILES string of the molecule is CCSc1nnc(NC(=O)C2CCN(c3ccc(-c4ccccc4OC)nn3)CC2)s1. The zero-order chi connectivity index (χ0) is 21.6. The first kappa shape index (κ1) is 21.5. The van der Waals surface area contributed by atoms with Gasteiger partial charge in [0.05, 0.1) is 12.8 Å². The summed E-state index contributed by atoms with van der Waals surface area (Å²) in [7, 11) is 1.65. The van der Waals surface area contributed by atoms with E-state index < -0.39 is 0 Å². The molecule has 2 aromatic heterocycles. The summed E-state index contributed by atoms with van der Waals surface area (Å²) in [4.78, 5) is 14.8. The molecule has 0 radical (unpaired) electrons. The second-order valence-electron chi connectivity index (χ2n) is 7.03. The Balaban J connectivity index is 1.33. The van der Waals surface area contributed by atoms with Gasteiger partial charge in [-0.2, -0.15) is 0 Å². The average molecular weight is 457 g/mol. The Bertz CT molecular complexity index is 1020. The molecule has 0 bridgehead atoms. The quantitative estimate of drug-likeness (QED) is 0.422. The van der Waals surface area contributed by atoms with E-state index in [1.807, 2.05) is 36.4 Å². The summed E-state index contributed by atoms with van der Waals surface area (Å²) in [6, 6.07) is 11.7. The number of methoxy groups -OCH3 is 1. The molecular weight excluding hydrogens is 432 g/mol. The van der Waals surface area contributed by atoms with Crippen LogP contribution in [0.2, 0.25) is 0 Å². The van der Waals surface area contributed by atoms with Crippen LogP contribution in [-0.4, -0.2) is 52.3 Å². The number of amides is 1. The fourth-order valence-corrected chi connectivity index (χ4v) is 5.17. The molecule has 0 atom stereocenters. The minimum atomic E-state index is -0.0387. The molecule has 8 nitrogen and oxygen atoms in total. The van der Waals surface area contributed by atoms with Gasteiger partial charge in [-0.1, -0.05) is 42.2 Å². The van der Waals surface area contributed by atoms with Crippen LogP contribution >= 0.6 is 23.1 Å². The van der Waals surface area contributed by atoms with Gasteiger partial charge in [0.25, 0.3) is 0 Å². The highest BCUT2D eigenvalue weighted by Crippen LogP contribution is 2.30. The predicted molar refractivity (Wildman–Crippen MR) is 124 cm³/mol. The largest absolute Gasteiger partial charge is 0.496 e. The molecule has 0 spiro atoms. The number of nitrogens with zero attached hydrogens (tertiary/aromatic N) is 5. The van der Waals surface area contributed by atoms with Gasteiger partial charge in [-0.25, -0.2) is 0 Å². The normalized spacial score (nSPS) is 14.5. The number of carbonyl (C=O) groups excluding carboxylic acids is 1. The maximum Gasteiger partial charge on any atom is 0.229 e. The van der Waals surface area contributed by atoms with Crippen LogP contribution in [0.4, 0.5) is 10.9 Å². The van der Waals surface area contributed by atoms with E-state index in [9.17, 15) is 4.79 Å². The van der Waals surface area contributed by atoms with Crippen LogP contribution in [0.1, 0.15) is 19.8 Å². The van der Waals surface area contributed by atoms with Gasteiger partial charge in [0, 0.05) is 24.6 Å². The highest BCUT2D eigenvalue weighted by atomic mass is 32.2. The molecule has 4 rings (SSSR count). The van der Waals surface area contributed by atoms with Crippen molar-refractivity contribution < 1.29 is 9.53 Å². The number of rotatable bonds is 7. The van der Waals surface area contributed by atoms with Crippen LogP contribution in [0.25, 0.3) is 11.3 Å². The lowest BCUT2D eigenvalue weighted by molar-refractivity contribution is -0.120. The minimum absolute atomic E-state index is 0.0152. The number of hydrogen-bond acceptors (Lipinski definition) is 9. The summed E-state index contributed by atoms with van der Waals surface area (Å²) in [6.45, 7) is 3.58. The third-order valence-corrected chi connectivity index (χ3v) is 6.98. The molecule has 1 aromatic carbocycles. The molecule has 1 aliphatic heterocycles. The third-order valence-electron chi connectivity index (χ3n) is 5.13. The maximum atomic E-state index is 12.6. The Kier molecular flexibility index (Phi) is 6.98. The molecule has 0 aliphatic carbocycles. The Hall–Kier alpha value is -2.72. The lowest BCUT2D eigenvalue weighted by Crippen LogP contribution is -2.38. The van der Waals surface area contributed by atoms with Gasteiger partial charge >= 0.3 is 0 Å². The van der Waals surface area contributed by atoms with Crippen LogP contribution in [0, 0.1) is 5.92 Å². The minimum Gasteiger partial charge on any atom is -0.496 e. The van der Waals surface area contributed by atoms with Crippen LogP contribution in [0.15, 0.2) is 40.7 Å². The van der Waals surface area contributed by atoms with Gasteiger partial charge in [-0.3, -0.25) is 4.79 Å². The van der Waals surface area contributed by atoms with Crippen LogP contribution < -0.4 is 15.0 Å². The fourth-order valence-electron chi connectivity index (χ4n) is 3.51. The zero-order valence-electron chi connectivity index (χ0n) is 17.4. The molecule has 1 amide bonds. The van der Waals surface area contributed by atoms with Gasteiger partial charge in [0.15, 0.2) is 10.2 Å². The molecule has 1 fully saturated rings. The zero-order valence-corrected chi connectivity index (χ0v) is 19.1. The Labute approximate surface area is 189 Å². The number of benzene rings is 1. The summed E-state index contributed by atoms with van der Waals surface area (Å²) in [5.74, 6) is 2.50. The lowest BCUT2D eigenvalue weighted by Gasteiger charge is -2.31. The second-order valence-corrected chi connectivity index (χ2v) is 9.52. The van der Waals surface area contributed by atoms with Crippen molar-refractivity contribution in [2.24, 2.45) is 5.92 Å². The molecule has 31 heavy (non-hydrogen) atoms. The molecule has 10 heteroatoms. The Morgan fingerprint density at radius 2 is 1.97 bits per heavy atom. The molecule has 162 valence electrons. The van der Waals surface area contributed by atoms with Gasteiger partial charge < -0.3 is 15.0 Å².